The Bertz CT molecular complexity index is 515. The highest BCUT2D eigenvalue weighted by atomic mass is 19.1. The number of rotatable bonds is 4. The fourth-order valence-corrected chi connectivity index (χ4v) is 1.40. The van der Waals surface area contributed by atoms with Gasteiger partial charge >= 0.3 is 11.9 Å². The topological polar surface area (TPSA) is 107 Å². The molecule has 1 rings (SSSR count). The largest absolute Gasteiger partial charge is 0.480 e. The number of carboxylic acids is 1. The van der Waals surface area contributed by atoms with Gasteiger partial charge in [-0.1, -0.05) is 0 Å². The van der Waals surface area contributed by atoms with Gasteiger partial charge in [-0.15, -0.1) is 0 Å². The van der Waals surface area contributed by atoms with E-state index in [1.807, 2.05) is 0 Å². The zero-order valence-electron chi connectivity index (χ0n) is 9.12. The number of nitro benzene ring substituents is 1. The van der Waals surface area contributed by atoms with E-state index in [1.165, 1.54) is 0 Å². The Balaban J connectivity index is 3.43. The Kier molecular flexibility index (Phi) is 3.93. The van der Waals surface area contributed by atoms with Crippen LogP contribution < -0.4 is 0 Å². The Hall–Kier alpha value is -2.51. The highest BCUT2D eigenvalue weighted by Gasteiger charge is 2.35. The molecular weight excluding hydrogens is 249 g/mol. The number of ether oxygens (including phenoxy) is 1. The van der Waals surface area contributed by atoms with Crippen LogP contribution in [0.5, 0.6) is 0 Å². The number of carbonyl (C=O) groups is 2. The lowest BCUT2D eigenvalue weighted by Crippen LogP contribution is -2.23. The van der Waals surface area contributed by atoms with Crippen LogP contribution in [0.3, 0.4) is 0 Å². The van der Waals surface area contributed by atoms with Gasteiger partial charge in [-0.2, -0.15) is 0 Å². The lowest BCUT2D eigenvalue weighted by molar-refractivity contribution is -0.385. The van der Waals surface area contributed by atoms with Crippen molar-refractivity contribution in [1.82, 2.24) is 0 Å². The van der Waals surface area contributed by atoms with Crippen LogP contribution in [0.1, 0.15) is 11.5 Å². The molecule has 0 amide bonds. The molecule has 0 aliphatic carbocycles. The van der Waals surface area contributed by atoms with E-state index in [9.17, 15) is 24.1 Å². The first-order chi connectivity index (χ1) is 8.38. The Labute approximate surface area is 99.9 Å². The average Bonchev–Trinajstić information content (AvgIpc) is 2.28. The molecule has 96 valence electrons. The fourth-order valence-electron chi connectivity index (χ4n) is 1.40. The molecule has 1 unspecified atom stereocenters. The van der Waals surface area contributed by atoms with Gasteiger partial charge in [0.05, 0.1) is 17.6 Å². The maximum Gasteiger partial charge on any atom is 0.324 e. The highest BCUT2D eigenvalue weighted by Crippen LogP contribution is 2.28. The zero-order chi connectivity index (χ0) is 13.9. The summed E-state index contributed by atoms with van der Waals surface area (Å²) < 4.78 is 17.3. The molecule has 0 aliphatic heterocycles. The Morgan fingerprint density at radius 2 is 2.11 bits per heavy atom. The summed E-state index contributed by atoms with van der Waals surface area (Å²) in [6.45, 7) is 0. The van der Waals surface area contributed by atoms with Gasteiger partial charge in [0.1, 0.15) is 5.82 Å². The van der Waals surface area contributed by atoms with Crippen molar-refractivity contribution < 1.29 is 28.7 Å². The number of carbonyl (C=O) groups excluding carboxylic acids is 1. The second kappa shape index (κ2) is 5.21. The number of halogens is 1. The van der Waals surface area contributed by atoms with Gasteiger partial charge in [0.2, 0.25) is 0 Å². The van der Waals surface area contributed by atoms with Gasteiger partial charge in [0, 0.05) is 6.07 Å². The van der Waals surface area contributed by atoms with Crippen LogP contribution in [0.2, 0.25) is 0 Å². The normalized spacial score (nSPS) is 11.7. The van der Waals surface area contributed by atoms with Crippen molar-refractivity contribution in [1.29, 1.82) is 0 Å². The van der Waals surface area contributed by atoms with E-state index in [1.54, 1.807) is 0 Å². The van der Waals surface area contributed by atoms with E-state index < -0.39 is 39.8 Å². The second-order valence-electron chi connectivity index (χ2n) is 3.25. The smallest absolute Gasteiger partial charge is 0.324 e. The van der Waals surface area contributed by atoms with Crippen molar-refractivity contribution in [3.63, 3.8) is 0 Å². The number of hydrogen-bond donors (Lipinski definition) is 1. The molecule has 0 fully saturated rings. The number of esters is 1. The first-order valence-electron chi connectivity index (χ1n) is 4.63. The molecule has 0 heterocycles. The summed E-state index contributed by atoms with van der Waals surface area (Å²) in [5.74, 6) is -5.69. The molecule has 0 aromatic heterocycles. The van der Waals surface area contributed by atoms with Crippen LogP contribution >= 0.6 is 0 Å². The first-order valence-corrected chi connectivity index (χ1v) is 4.63. The summed E-state index contributed by atoms with van der Waals surface area (Å²) in [6, 6.07) is 2.23. The lowest BCUT2D eigenvalue weighted by atomic mass is 9.97. The first kappa shape index (κ1) is 13.6. The van der Waals surface area contributed by atoms with Crippen LogP contribution in [-0.2, 0) is 14.3 Å². The number of aliphatic carboxylic acids is 1. The minimum Gasteiger partial charge on any atom is -0.480 e. The number of nitro groups is 1. The summed E-state index contributed by atoms with van der Waals surface area (Å²) in [5, 5.41) is 19.6. The van der Waals surface area contributed by atoms with Crippen LogP contribution in [0, 0.1) is 15.9 Å². The van der Waals surface area contributed by atoms with Crippen molar-refractivity contribution in [2.45, 2.75) is 5.92 Å². The fraction of sp³-hybridized carbons (Fsp3) is 0.200. The van der Waals surface area contributed by atoms with E-state index >= 15 is 0 Å². The summed E-state index contributed by atoms with van der Waals surface area (Å²) in [7, 11) is 0.934. The predicted molar refractivity (Wildman–Crippen MR) is 55.4 cm³/mol. The van der Waals surface area contributed by atoms with Crippen LogP contribution in [-0.4, -0.2) is 29.1 Å². The molecule has 1 aromatic rings. The van der Waals surface area contributed by atoms with Crippen molar-refractivity contribution >= 4 is 17.6 Å². The van der Waals surface area contributed by atoms with Crippen molar-refractivity contribution in [3.8, 4) is 0 Å². The lowest BCUT2D eigenvalue weighted by Gasteiger charge is -2.10. The van der Waals surface area contributed by atoms with E-state index in [2.05, 4.69) is 4.74 Å². The second-order valence-corrected chi connectivity index (χ2v) is 3.25. The SMILES string of the molecule is COC(=O)C(C(=O)O)c1cc(F)ccc1[N+](=O)[O-]. The third-order valence-electron chi connectivity index (χ3n) is 2.18. The summed E-state index contributed by atoms with van der Waals surface area (Å²) in [6.07, 6.45) is 0. The molecular formula is C10H8FNO6. The molecule has 18 heavy (non-hydrogen) atoms. The minimum atomic E-state index is -1.94. The Morgan fingerprint density at radius 1 is 1.50 bits per heavy atom. The highest BCUT2D eigenvalue weighted by molar-refractivity contribution is 6.00. The number of carboxylic acid groups (broad SMARTS) is 1. The molecule has 1 N–H and O–H groups in total. The van der Waals surface area contributed by atoms with Crippen molar-refractivity contribution in [3.05, 3.63) is 39.7 Å². The third kappa shape index (κ3) is 2.59. The molecule has 0 spiro atoms. The Morgan fingerprint density at radius 3 is 2.56 bits per heavy atom. The van der Waals surface area contributed by atoms with Crippen LogP contribution in [0.4, 0.5) is 10.1 Å². The molecule has 8 heteroatoms. The molecule has 0 saturated carbocycles. The minimum absolute atomic E-state index is 0.556. The quantitative estimate of drug-likeness (QED) is 0.374. The maximum atomic E-state index is 13.0. The van der Waals surface area contributed by atoms with Crippen LogP contribution in [0.15, 0.2) is 18.2 Å². The monoisotopic (exact) mass is 257 g/mol. The molecule has 1 atom stereocenters. The van der Waals surface area contributed by atoms with Crippen molar-refractivity contribution in [2.75, 3.05) is 7.11 Å². The molecule has 0 aliphatic rings. The van der Waals surface area contributed by atoms with Gasteiger partial charge < -0.3 is 9.84 Å². The number of benzene rings is 1. The predicted octanol–water partition coefficient (Wildman–Crippen LogP) is 1.08. The summed E-state index contributed by atoms with van der Waals surface area (Å²) >= 11 is 0. The van der Waals surface area contributed by atoms with Gasteiger partial charge in [-0.05, 0) is 12.1 Å². The van der Waals surface area contributed by atoms with E-state index in [0.29, 0.717) is 6.07 Å². The molecule has 1 aromatic carbocycles. The van der Waals surface area contributed by atoms with Gasteiger partial charge in [0.15, 0.2) is 5.92 Å². The molecule has 0 radical (unpaired) electrons. The number of methoxy groups -OCH3 is 1. The van der Waals surface area contributed by atoms with Gasteiger partial charge in [-0.25, -0.2) is 4.39 Å². The maximum absolute atomic E-state index is 13.0. The van der Waals surface area contributed by atoms with Gasteiger partial charge in [0.25, 0.3) is 5.69 Å². The van der Waals surface area contributed by atoms with E-state index in [0.717, 1.165) is 19.2 Å². The third-order valence-corrected chi connectivity index (χ3v) is 2.18. The van der Waals surface area contributed by atoms with Gasteiger partial charge in [-0.3, -0.25) is 19.7 Å². The van der Waals surface area contributed by atoms with Crippen LogP contribution in [0.25, 0.3) is 0 Å². The molecule has 0 saturated heterocycles. The average molecular weight is 257 g/mol. The van der Waals surface area contributed by atoms with E-state index in [-0.39, 0.29) is 0 Å². The standard InChI is InChI=1S/C10H8FNO6/c1-18-10(15)8(9(13)14)6-4-5(11)2-3-7(6)12(16)17/h2-4,8H,1H3,(H,13,14). The molecule has 7 nitrogen and oxygen atoms in total. The van der Waals surface area contributed by atoms with E-state index in [4.69, 9.17) is 5.11 Å². The zero-order valence-corrected chi connectivity index (χ0v) is 9.12. The summed E-state index contributed by atoms with van der Waals surface area (Å²) in [5.41, 5.74) is -1.21. The molecule has 0 bridgehead atoms. The van der Waals surface area contributed by atoms with Crippen molar-refractivity contribution in [2.24, 2.45) is 0 Å². The summed E-state index contributed by atoms with van der Waals surface area (Å²) in [4.78, 5) is 32.0. The number of nitrogens with zero attached hydrogens (tertiary/aromatic N) is 1. The number of hydrogen-bond acceptors (Lipinski definition) is 5.